The zero-order chi connectivity index (χ0) is 17.9. The fraction of sp³-hybridized carbons (Fsp3) is 0.412. The maximum atomic E-state index is 12.0. The highest BCUT2D eigenvalue weighted by Crippen LogP contribution is 2.36. The maximum absolute atomic E-state index is 12.0. The number of aromatic hydroxyl groups is 1. The fourth-order valence-electron chi connectivity index (χ4n) is 1.87. The SMILES string of the molecule is CCOCCCNC(=O)/C(C#N)=C\c1cc(Br)c(O)c(OCC)c1. The Kier molecular flexibility index (Phi) is 8.90. The predicted octanol–water partition coefficient (Wildman–Crippen LogP) is 3.00. The van der Waals surface area contributed by atoms with Gasteiger partial charge in [-0.15, -0.1) is 0 Å². The van der Waals surface area contributed by atoms with Crippen LogP contribution < -0.4 is 10.1 Å². The van der Waals surface area contributed by atoms with E-state index in [1.165, 1.54) is 6.08 Å². The fourth-order valence-corrected chi connectivity index (χ4v) is 2.33. The number of halogens is 1. The summed E-state index contributed by atoms with van der Waals surface area (Å²) in [4.78, 5) is 12.0. The first-order chi connectivity index (χ1) is 11.5. The van der Waals surface area contributed by atoms with E-state index in [-0.39, 0.29) is 17.1 Å². The molecule has 24 heavy (non-hydrogen) atoms. The topological polar surface area (TPSA) is 91.6 Å². The Bertz CT molecular complexity index is 638. The molecule has 0 radical (unpaired) electrons. The average molecular weight is 397 g/mol. The molecule has 0 spiro atoms. The molecule has 0 aromatic heterocycles. The lowest BCUT2D eigenvalue weighted by molar-refractivity contribution is -0.117. The molecular weight excluding hydrogens is 376 g/mol. The van der Waals surface area contributed by atoms with Crippen LogP contribution in [0.2, 0.25) is 0 Å². The highest BCUT2D eigenvalue weighted by atomic mass is 79.9. The van der Waals surface area contributed by atoms with Gasteiger partial charge in [-0.05, 0) is 60.0 Å². The van der Waals surface area contributed by atoms with Crippen molar-refractivity contribution in [3.8, 4) is 17.6 Å². The second kappa shape index (κ2) is 10.7. The van der Waals surface area contributed by atoms with Gasteiger partial charge in [0.15, 0.2) is 11.5 Å². The van der Waals surface area contributed by atoms with Gasteiger partial charge in [0.25, 0.3) is 5.91 Å². The van der Waals surface area contributed by atoms with E-state index in [9.17, 15) is 15.2 Å². The third kappa shape index (κ3) is 6.22. The van der Waals surface area contributed by atoms with Gasteiger partial charge in [-0.2, -0.15) is 5.26 Å². The van der Waals surface area contributed by atoms with E-state index >= 15 is 0 Å². The quantitative estimate of drug-likeness (QED) is 0.380. The third-order valence-electron chi connectivity index (χ3n) is 2.98. The average Bonchev–Trinajstić information content (AvgIpc) is 2.56. The van der Waals surface area contributed by atoms with Crippen LogP contribution in [0.25, 0.3) is 6.08 Å². The monoisotopic (exact) mass is 396 g/mol. The van der Waals surface area contributed by atoms with Crippen molar-refractivity contribution in [2.75, 3.05) is 26.4 Å². The van der Waals surface area contributed by atoms with Gasteiger partial charge in [0.1, 0.15) is 11.6 Å². The van der Waals surface area contributed by atoms with Crippen molar-refractivity contribution in [2.24, 2.45) is 0 Å². The summed E-state index contributed by atoms with van der Waals surface area (Å²) in [5.41, 5.74) is 0.551. The van der Waals surface area contributed by atoms with Gasteiger partial charge in [0.05, 0.1) is 11.1 Å². The first-order valence-electron chi connectivity index (χ1n) is 7.66. The molecular formula is C17H21BrN2O4. The van der Waals surface area contributed by atoms with Crippen molar-refractivity contribution < 1.29 is 19.4 Å². The minimum atomic E-state index is -0.448. The first-order valence-corrected chi connectivity index (χ1v) is 8.45. The van der Waals surface area contributed by atoms with Crippen molar-refractivity contribution in [3.63, 3.8) is 0 Å². The molecule has 0 fully saturated rings. The van der Waals surface area contributed by atoms with Gasteiger partial charge in [-0.25, -0.2) is 0 Å². The van der Waals surface area contributed by atoms with Crippen LogP contribution in [0.15, 0.2) is 22.2 Å². The number of hydrogen-bond acceptors (Lipinski definition) is 5. The lowest BCUT2D eigenvalue weighted by Crippen LogP contribution is -2.26. The Morgan fingerprint density at radius 3 is 2.79 bits per heavy atom. The van der Waals surface area contributed by atoms with E-state index in [4.69, 9.17) is 9.47 Å². The van der Waals surface area contributed by atoms with Crippen molar-refractivity contribution >= 4 is 27.9 Å². The molecule has 0 bridgehead atoms. The number of amides is 1. The van der Waals surface area contributed by atoms with Crippen molar-refractivity contribution in [2.45, 2.75) is 20.3 Å². The summed E-state index contributed by atoms with van der Waals surface area (Å²) in [5, 5.41) is 21.8. The molecule has 0 unspecified atom stereocenters. The molecule has 1 aromatic rings. The lowest BCUT2D eigenvalue weighted by atomic mass is 10.1. The van der Waals surface area contributed by atoms with Gasteiger partial charge in [-0.1, -0.05) is 0 Å². The van der Waals surface area contributed by atoms with Crippen LogP contribution >= 0.6 is 15.9 Å². The summed E-state index contributed by atoms with van der Waals surface area (Å²) in [6.07, 6.45) is 2.13. The first kappa shape index (κ1) is 20.0. The van der Waals surface area contributed by atoms with Crippen molar-refractivity contribution in [3.05, 3.63) is 27.7 Å². The Morgan fingerprint density at radius 2 is 2.17 bits per heavy atom. The van der Waals surface area contributed by atoms with E-state index in [1.807, 2.05) is 13.0 Å². The molecule has 1 aromatic carbocycles. The molecule has 6 nitrogen and oxygen atoms in total. The molecule has 0 saturated carbocycles. The normalized spacial score (nSPS) is 11.0. The summed E-state index contributed by atoms with van der Waals surface area (Å²) in [7, 11) is 0. The smallest absolute Gasteiger partial charge is 0.261 e. The maximum Gasteiger partial charge on any atom is 0.261 e. The predicted molar refractivity (Wildman–Crippen MR) is 94.7 cm³/mol. The van der Waals surface area contributed by atoms with Crippen LogP contribution in [0.5, 0.6) is 11.5 Å². The van der Waals surface area contributed by atoms with Crippen LogP contribution in [0.1, 0.15) is 25.8 Å². The van der Waals surface area contributed by atoms with Crippen LogP contribution in [-0.4, -0.2) is 37.4 Å². The minimum absolute atomic E-state index is 0.0205. The Balaban J connectivity index is 2.84. The van der Waals surface area contributed by atoms with Gasteiger partial charge in [0, 0.05) is 19.8 Å². The molecule has 1 amide bonds. The second-order valence-corrected chi connectivity index (χ2v) is 5.61. The number of nitrogens with one attached hydrogen (secondary N) is 1. The number of nitriles is 1. The summed E-state index contributed by atoms with van der Waals surface area (Å²) < 4.78 is 10.9. The number of ether oxygens (including phenoxy) is 2. The van der Waals surface area contributed by atoms with Crippen LogP contribution in [0.3, 0.4) is 0 Å². The Labute approximate surface area is 150 Å². The molecule has 0 saturated heterocycles. The van der Waals surface area contributed by atoms with E-state index in [2.05, 4.69) is 21.2 Å². The number of phenols is 1. The van der Waals surface area contributed by atoms with E-state index in [0.29, 0.717) is 42.8 Å². The van der Waals surface area contributed by atoms with Crippen molar-refractivity contribution in [1.29, 1.82) is 5.26 Å². The van der Waals surface area contributed by atoms with E-state index in [1.54, 1.807) is 19.1 Å². The zero-order valence-corrected chi connectivity index (χ0v) is 15.4. The standard InChI is InChI=1S/C17H21BrN2O4/c1-3-23-7-5-6-20-17(22)13(11-19)8-12-9-14(18)16(21)15(10-12)24-4-2/h8-10,21H,3-7H2,1-2H3,(H,20,22)/b13-8-. The highest BCUT2D eigenvalue weighted by molar-refractivity contribution is 9.10. The number of benzene rings is 1. The Hall–Kier alpha value is -2.04. The number of phenolic OH excluding ortho intramolecular Hbond substituents is 1. The summed E-state index contributed by atoms with van der Waals surface area (Å²) >= 11 is 3.23. The number of carbonyl (C=O) groups excluding carboxylic acids is 1. The lowest BCUT2D eigenvalue weighted by Gasteiger charge is -2.09. The number of nitrogens with zero attached hydrogens (tertiary/aromatic N) is 1. The van der Waals surface area contributed by atoms with Gasteiger partial charge < -0.3 is 19.9 Å². The molecule has 0 aliphatic rings. The minimum Gasteiger partial charge on any atom is -0.503 e. The summed E-state index contributed by atoms with van der Waals surface area (Å²) in [6, 6.07) is 5.07. The summed E-state index contributed by atoms with van der Waals surface area (Å²) in [6.45, 7) is 5.72. The molecule has 130 valence electrons. The molecule has 0 aliphatic carbocycles. The molecule has 0 heterocycles. The zero-order valence-electron chi connectivity index (χ0n) is 13.8. The van der Waals surface area contributed by atoms with Crippen molar-refractivity contribution in [1.82, 2.24) is 5.32 Å². The molecule has 1 rings (SSSR count). The largest absolute Gasteiger partial charge is 0.503 e. The van der Waals surface area contributed by atoms with Gasteiger partial charge in [0.2, 0.25) is 0 Å². The summed E-state index contributed by atoms with van der Waals surface area (Å²) in [5.74, 6) is -0.184. The van der Waals surface area contributed by atoms with E-state index < -0.39 is 5.91 Å². The molecule has 0 atom stereocenters. The van der Waals surface area contributed by atoms with Crippen LogP contribution in [0.4, 0.5) is 0 Å². The molecule has 2 N–H and O–H groups in total. The number of rotatable bonds is 9. The number of carbonyl (C=O) groups is 1. The highest BCUT2D eigenvalue weighted by Gasteiger charge is 2.12. The van der Waals surface area contributed by atoms with Gasteiger partial charge >= 0.3 is 0 Å². The van der Waals surface area contributed by atoms with Gasteiger partial charge in [-0.3, -0.25) is 4.79 Å². The second-order valence-electron chi connectivity index (χ2n) is 4.76. The van der Waals surface area contributed by atoms with Crippen LogP contribution in [0, 0.1) is 11.3 Å². The molecule has 7 heteroatoms. The Morgan fingerprint density at radius 1 is 1.42 bits per heavy atom. The van der Waals surface area contributed by atoms with Crippen LogP contribution in [-0.2, 0) is 9.53 Å². The third-order valence-corrected chi connectivity index (χ3v) is 3.59. The molecule has 0 aliphatic heterocycles. The van der Waals surface area contributed by atoms with E-state index in [0.717, 1.165) is 0 Å². The number of hydrogen-bond donors (Lipinski definition) is 2.